The fraction of sp³-hybridized carbons (Fsp3) is 0.356. The van der Waals surface area contributed by atoms with Crippen LogP contribution < -0.4 is 5.43 Å². The molecule has 4 amide bonds. The number of aryl methyl sites for hydroxylation is 1. The number of hydrazine groups is 1. The van der Waals surface area contributed by atoms with Crippen LogP contribution in [0.15, 0.2) is 96.7 Å². The van der Waals surface area contributed by atoms with Crippen molar-refractivity contribution in [3.05, 3.63) is 135 Å². The highest BCUT2D eigenvalue weighted by Crippen LogP contribution is 2.65. The number of carbonyl (C=O) groups excluding carboxylic acids is 4. The molecule has 3 aliphatic heterocycles. The average molecular weight is 859 g/mol. The number of nitrogens with zero attached hydrogens (tertiary/aromatic N) is 4. The van der Waals surface area contributed by atoms with Gasteiger partial charge in [-0.15, -0.1) is 0 Å². The summed E-state index contributed by atoms with van der Waals surface area (Å²) in [6.45, 7) is 3.89. The highest BCUT2D eigenvalue weighted by atomic mass is 35.5. The minimum absolute atomic E-state index is 0.0159. The molecule has 0 bridgehead atoms. The molecule has 4 aromatic rings. The molecular weight excluding hydrogens is 818 g/mol. The van der Waals surface area contributed by atoms with E-state index >= 15 is 4.79 Å². The van der Waals surface area contributed by atoms with E-state index < -0.39 is 63.6 Å². The number of phenols is 1. The minimum atomic E-state index is -4.75. The van der Waals surface area contributed by atoms with Crippen molar-refractivity contribution in [3.63, 3.8) is 0 Å². The fourth-order valence-corrected chi connectivity index (χ4v) is 10.9. The number of phenolic OH excluding ortho intramolecular Hbond substituents is 1. The van der Waals surface area contributed by atoms with Crippen LogP contribution in [0.3, 0.4) is 0 Å². The number of hydrogen-bond donors (Lipinski definition) is 2. The lowest BCUT2D eigenvalue weighted by Gasteiger charge is -2.50. The molecule has 3 saturated heterocycles. The number of aromatic nitrogens is 1. The van der Waals surface area contributed by atoms with Gasteiger partial charge in [0.25, 0.3) is 11.8 Å². The summed E-state index contributed by atoms with van der Waals surface area (Å²) in [7, 11) is 0. The van der Waals surface area contributed by atoms with Crippen molar-refractivity contribution in [1.29, 1.82) is 0 Å². The number of amides is 4. The molecule has 60 heavy (non-hydrogen) atoms. The second kappa shape index (κ2) is 15.0. The summed E-state index contributed by atoms with van der Waals surface area (Å²) >= 11 is 12.7. The molecule has 1 aromatic heterocycles. The molecule has 10 nitrogen and oxygen atoms in total. The number of aromatic hydroxyl groups is 1. The van der Waals surface area contributed by atoms with E-state index in [1.165, 1.54) is 10.5 Å². The summed E-state index contributed by atoms with van der Waals surface area (Å²) < 4.78 is 40.6. The third-order valence-electron chi connectivity index (χ3n) is 13.3. The van der Waals surface area contributed by atoms with E-state index in [2.05, 4.69) is 27.4 Å². The molecule has 9 rings (SSSR count). The van der Waals surface area contributed by atoms with Gasteiger partial charge in [0, 0.05) is 48.4 Å². The maximum Gasteiger partial charge on any atom is 0.417 e. The number of nitrogens with one attached hydrogen (secondary N) is 1. The predicted octanol–water partition coefficient (Wildman–Crippen LogP) is 8.07. The fourth-order valence-electron chi connectivity index (χ4n) is 10.6. The van der Waals surface area contributed by atoms with E-state index in [4.69, 9.17) is 23.2 Å². The van der Waals surface area contributed by atoms with Gasteiger partial charge in [-0.3, -0.25) is 34.4 Å². The summed E-state index contributed by atoms with van der Waals surface area (Å²) in [4.78, 5) is 67.2. The number of benzene rings is 3. The molecule has 4 fully saturated rings. The first-order valence-corrected chi connectivity index (χ1v) is 20.7. The van der Waals surface area contributed by atoms with Crippen LogP contribution in [0.25, 0.3) is 0 Å². The maximum atomic E-state index is 15.4. The third-order valence-corrected chi connectivity index (χ3v) is 13.9. The van der Waals surface area contributed by atoms with Crippen LogP contribution in [-0.4, -0.2) is 67.7 Å². The van der Waals surface area contributed by atoms with E-state index in [1.54, 1.807) is 49.4 Å². The lowest BCUT2D eigenvalue weighted by Crippen LogP contribution is -2.53. The van der Waals surface area contributed by atoms with Crippen LogP contribution in [0.1, 0.15) is 59.4 Å². The quantitative estimate of drug-likeness (QED) is 0.141. The Kier molecular flexibility index (Phi) is 10.1. The number of anilines is 1. The molecular formula is C45H40Cl2F3N5O5. The van der Waals surface area contributed by atoms with Crippen molar-refractivity contribution in [2.75, 3.05) is 18.5 Å². The van der Waals surface area contributed by atoms with Gasteiger partial charge in [0.1, 0.15) is 5.75 Å². The van der Waals surface area contributed by atoms with Crippen LogP contribution in [0.4, 0.5) is 19.0 Å². The number of likely N-dealkylation sites (tertiary alicyclic amines) is 2. The van der Waals surface area contributed by atoms with Crippen molar-refractivity contribution in [1.82, 2.24) is 19.8 Å². The normalized spacial score (nSPS) is 27.2. The number of fused-ring (bicyclic) bond motifs is 4. The second-order valence-corrected chi connectivity index (χ2v) is 17.3. The Labute approximate surface area is 353 Å². The zero-order valence-electron chi connectivity index (χ0n) is 32.3. The first kappa shape index (κ1) is 40.2. The van der Waals surface area contributed by atoms with Gasteiger partial charge in [-0.1, -0.05) is 95.5 Å². The number of rotatable bonds is 7. The van der Waals surface area contributed by atoms with Gasteiger partial charge in [0.05, 0.1) is 33.8 Å². The molecule has 0 radical (unpaired) electrons. The molecule has 1 saturated carbocycles. The van der Waals surface area contributed by atoms with Gasteiger partial charge in [0.2, 0.25) is 11.8 Å². The summed E-state index contributed by atoms with van der Waals surface area (Å²) in [5.74, 6) is -6.89. The summed E-state index contributed by atoms with van der Waals surface area (Å²) in [5, 5.41) is 12.5. The lowest BCUT2D eigenvalue weighted by molar-refractivity contribution is -0.144. The molecule has 3 aromatic carbocycles. The zero-order chi connectivity index (χ0) is 42.2. The monoisotopic (exact) mass is 857 g/mol. The lowest BCUT2D eigenvalue weighted by atomic mass is 9.49. The molecule has 310 valence electrons. The Morgan fingerprint density at radius 1 is 0.900 bits per heavy atom. The first-order chi connectivity index (χ1) is 28.7. The number of halogens is 5. The SMILES string of the molecule is Cc1cccc([C@H]2C3=CC[C@@H]4C(=O)N(C5CCN(Cc6ccccc6)CC5)C(=O)[C@@H]4[C@@H]3C[C@H]3C(=O)N(Nc4ncc(C(F)(F)F)cc4Cl)C(=O)[C@@]23c2ccc(Cl)cc2)c1O. The van der Waals surface area contributed by atoms with Gasteiger partial charge in [-0.25, -0.2) is 4.98 Å². The molecule has 5 aliphatic rings. The van der Waals surface area contributed by atoms with Crippen LogP contribution in [0.2, 0.25) is 10.0 Å². The zero-order valence-corrected chi connectivity index (χ0v) is 33.8. The number of allylic oxidation sites excluding steroid dienone is 2. The van der Waals surface area contributed by atoms with Crippen LogP contribution in [0, 0.1) is 30.6 Å². The van der Waals surface area contributed by atoms with Gasteiger partial charge < -0.3 is 5.11 Å². The van der Waals surface area contributed by atoms with E-state index in [0.29, 0.717) is 65.5 Å². The number of pyridine rings is 1. The van der Waals surface area contributed by atoms with Crippen LogP contribution >= 0.6 is 23.2 Å². The van der Waals surface area contributed by atoms with Crippen molar-refractivity contribution in [3.8, 4) is 5.75 Å². The van der Waals surface area contributed by atoms with Gasteiger partial charge in [-0.05, 0) is 73.4 Å². The molecule has 2 aliphatic carbocycles. The molecule has 4 heterocycles. The van der Waals surface area contributed by atoms with E-state index in [9.17, 15) is 32.7 Å². The minimum Gasteiger partial charge on any atom is -0.507 e. The van der Waals surface area contributed by atoms with Gasteiger partial charge >= 0.3 is 6.18 Å². The van der Waals surface area contributed by atoms with Crippen LogP contribution in [-0.2, 0) is 37.3 Å². The van der Waals surface area contributed by atoms with E-state index in [1.807, 2.05) is 24.3 Å². The third kappa shape index (κ3) is 6.39. The van der Waals surface area contributed by atoms with Crippen molar-refractivity contribution in [2.24, 2.45) is 23.7 Å². The maximum absolute atomic E-state index is 15.4. The van der Waals surface area contributed by atoms with Crippen LogP contribution in [0.5, 0.6) is 5.75 Å². The Bertz CT molecular complexity index is 2440. The average Bonchev–Trinajstić information content (AvgIpc) is 3.61. The largest absolute Gasteiger partial charge is 0.507 e. The smallest absolute Gasteiger partial charge is 0.417 e. The first-order valence-electron chi connectivity index (χ1n) is 20.0. The number of hydrogen-bond acceptors (Lipinski definition) is 8. The Morgan fingerprint density at radius 2 is 1.62 bits per heavy atom. The van der Waals surface area contributed by atoms with E-state index in [0.717, 1.165) is 11.6 Å². The summed E-state index contributed by atoms with van der Waals surface area (Å²) in [5.41, 5.74) is 2.85. The summed E-state index contributed by atoms with van der Waals surface area (Å²) in [6.07, 6.45) is -0.860. The number of para-hydroxylation sites is 1. The Morgan fingerprint density at radius 3 is 2.30 bits per heavy atom. The van der Waals surface area contributed by atoms with E-state index in [-0.39, 0.29) is 42.3 Å². The van der Waals surface area contributed by atoms with Crippen molar-refractivity contribution in [2.45, 2.75) is 62.7 Å². The number of carbonyl (C=O) groups is 4. The number of imide groups is 2. The van der Waals surface area contributed by atoms with Gasteiger partial charge in [0.15, 0.2) is 5.82 Å². The second-order valence-electron chi connectivity index (χ2n) is 16.5. The van der Waals surface area contributed by atoms with Crippen molar-refractivity contribution >= 4 is 52.6 Å². The molecule has 0 unspecified atom stereocenters. The number of alkyl halides is 3. The molecule has 6 atom stereocenters. The molecule has 2 N–H and O–H groups in total. The highest BCUT2D eigenvalue weighted by molar-refractivity contribution is 6.33. The number of piperidine rings is 1. The Hall–Kier alpha value is -5.24. The molecule has 0 spiro atoms. The van der Waals surface area contributed by atoms with Crippen molar-refractivity contribution < 1.29 is 37.5 Å². The highest BCUT2D eigenvalue weighted by Gasteiger charge is 2.71. The molecule has 15 heteroatoms. The summed E-state index contributed by atoms with van der Waals surface area (Å²) in [6, 6.07) is 22.1. The topological polar surface area (TPSA) is 123 Å². The predicted molar refractivity (Wildman–Crippen MR) is 216 cm³/mol. The Balaban J connectivity index is 1.12. The standard InChI is InChI=1S/C45H40Cl2F3N5O5/c1-24-6-5-9-32(38(24)56)37-30-14-15-31-36(42(59)54(40(31)57)29-16-18-53(19-17-29)23-25-7-3-2-4-8-25)33(30)21-34-41(58)55(43(60)44(34,37)26-10-12-28(46)13-11-26)52-39-35(47)20-27(22-51-39)45(48,49)50/h2-14,20,22,29,31,33-34,36-37,56H,15-19,21,23H2,1H3,(H,51,52)/t31-,33+,34-,36-,37+,44+/m0/s1. The van der Waals surface area contributed by atoms with Gasteiger partial charge in [-0.2, -0.15) is 18.2 Å².